The fraction of sp³-hybridized carbons (Fsp3) is 0.467. The van der Waals surface area contributed by atoms with Crippen molar-refractivity contribution in [2.45, 2.75) is 39.0 Å². The van der Waals surface area contributed by atoms with E-state index in [2.05, 4.69) is 12.1 Å². The Hall–Kier alpha value is -1.64. The molecule has 0 spiro atoms. The summed E-state index contributed by atoms with van der Waals surface area (Å²) in [6.07, 6.45) is 2.79. The van der Waals surface area contributed by atoms with Gasteiger partial charge < -0.3 is 4.74 Å². The summed E-state index contributed by atoms with van der Waals surface area (Å²) in [5.74, 6) is -0.145. The summed E-state index contributed by atoms with van der Waals surface area (Å²) >= 11 is 0. The predicted octanol–water partition coefficient (Wildman–Crippen LogP) is 2.92. The normalized spacial score (nSPS) is 10.1. The smallest absolute Gasteiger partial charge is 0.306 e. The first kappa shape index (κ1) is 14.4. The molecule has 0 heterocycles. The van der Waals surface area contributed by atoms with Gasteiger partial charge in [-0.25, -0.2) is 0 Å². The molecular formula is C15H20O3. The van der Waals surface area contributed by atoms with Crippen molar-refractivity contribution >= 4 is 11.8 Å². The van der Waals surface area contributed by atoms with E-state index in [0.29, 0.717) is 19.4 Å². The lowest BCUT2D eigenvalue weighted by atomic mass is 10.0. The van der Waals surface area contributed by atoms with E-state index in [9.17, 15) is 9.59 Å². The third-order valence-electron chi connectivity index (χ3n) is 2.68. The molecule has 0 aromatic heterocycles. The van der Waals surface area contributed by atoms with Gasteiger partial charge >= 0.3 is 5.97 Å². The number of aryl methyl sites for hydroxylation is 1. The minimum Gasteiger partial charge on any atom is -0.466 e. The number of carbonyl (C=O) groups excluding carboxylic acids is 2. The van der Waals surface area contributed by atoms with E-state index in [-0.39, 0.29) is 18.2 Å². The molecule has 1 aromatic rings. The first-order valence-corrected chi connectivity index (χ1v) is 6.43. The number of ether oxygens (including phenoxy) is 1. The van der Waals surface area contributed by atoms with Gasteiger partial charge in [0.15, 0.2) is 0 Å². The van der Waals surface area contributed by atoms with Crippen LogP contribution < -0.4 is 0 Å². The molecule has 0 fully saturated rings. The molecule has 0 saturated heterocycles. The van der Waals surface area contributed by atoms with Crippen LogP contribution in [0.4, 0.5) is 0 Å². The maximum absolute atomic E-state index is 11.5. The highest BCUT2D eigenvalue weighted by Gasteiger charge is 2.07. The number of ketones is 1. The van der Waals surface area contributed by atoms with Crippen molar-refractivity contribution in [1.82, 2.24) is 0 Å². The number of Topliss-reactive ketones (excluding diaryl/α,β-unsaturated/α-hetero) is 1. The van der Waals surface area contributed by atoms with Crippen LogP contribution in [0, 0.1) is 0 Å². The number of esters is 1. The number of hydrogen-bond acceptors (Lipinski definition) is 3. The van der Waals surface area contributed by atoms with E-state index in [0.717, 1.165) is 12.8 Å². The molecule has 0 aliphatic heterocycles. The average molecular weight is 248 g/mol. The fourth-order valence-electron chi connectivity index (χ4n) is 1.73. The van der Waals surface area contributed by atoms with Gasteiger partial charge in [0, 0.05) is 12.8 Å². The summed E-state index contributed by atoms with van der Waals surface area (Å²) in [6.45, 7) is 2.14. The molecule has 0 atom stereocenters. The van der Waals surface area contributed by atoms with Crippen LogP contribution >= 0.6 is 0 Å². The van der Waals surface area contributed by atoms with E-state index in [1.54, 1.807) is 6.92 Å². The van der Waals surface area contributed by atoms with Gasteiger partial charge in [-0.2, -0.15) is 0 Å². The minimum atomic E-state index is -0.283. The van der Waals surface area contributed by atoms with Crippen molar-refractivity contribution in [3.05, 3.63) is 35.9 Å². The van der Waals surface area contributed by atoms with E-state index in [4.69, 9.17) is 4.74 Å². The first-order valence-electron chi connectivity index (χ1n) is 6.43. The Bertz CT molecular complexity index is 371. The van der Waals surface area contributed by atoms with Crippen LogP contribution in [0.2, 0.25) is 0 Å². The summed E-state index contributed by atoms with van der Waals surface area (Å²) in [5, 5.41) is 0. The third kappa shape index (κ3) is 6.18. The lowest BCUT2D eigenvalue weighted by Gasteiger charge is -2.02. The Morgan fingerprint density at radius 3 is 2.44 bits per heavy atom. The zero-order valence-corrected chi connectivity index (χ0v) is 10.9. The topological polar surface area (TPSA) is 43.4 Å². The van der Waals surface area contributed by atoms with E-state index >= 15 is 0 Å². The lowest BCUT2D eigenvalue weighted by Crippen LogP contribution is -2.07. The molecule has 0 bridgehead atoms. The van der Waals surface area contributed by atoms with Crippen molar-refractivity contribution in [1.29, 1.82) is 0 Å². The lowest BCUT2D eigenvalue weighted by molar-refractivity contribution is -0.144. The molecule has 3 heteroatoms. The molecule has 0 amide bonds. The maximum Gasteiger partial charge on any atom is 0.306 e. The molecule has 98 valence electrons. The van der Waals surface area contributed by atoms with Crippen LogP contribution in [0.1, 0.15) is 38.2 Å². The van der Waals surface area contributed by atoms with Crippen LogP contribution in [-0.4, -0.2) is 18.4 Å². The molecule has 1 aromatic carbocycles. The summed E-state index contributed by atoms with van der Waals surface area (Å²) in [7, 11) is 0. The van der Waals surface area contributed by atoms with E-state index in [1.165, 1.54) is 5.56 Å². The molecule has 0 N–H and O–H groups in total. The Kier molecular flexibility index (Phi) is 6.77. The molecule has 0 radical (unpaired) electrons. The molecule has 1 rings (SSSR count). The largest absolute Gasteiger partial charge is 0.466 e. The Labute approximate surface area is 108 Å². The second kappa shape index (κ2) is 8.45. The predicted molar refractivity (Wildman–Crippen MR) is 70.3 cm³/mol. The van der Waals surface area contributed by atoms with Crippen molar-refractivity contribution in [2.24, 2.45) is 0 Å². The maximum atomic E-state index is 11.5. The third-order valence-corrected chi connectivity index (χ3v) is 2.68. The van der Waals surface area contributed by atoms with Crippen molar-refractivity contribution in [3.8, 4) is 0 Å². The van der Waals surface area contributed by atoms with Crippen LogP contribution in [0.3, 0.4) is 0 Å². The van der Waals surface area contributed by atoms with Gasteiger partial charge in [-0.05, 0) is 25.3 Å². The van der Waals surface area contributed by atoms with Gasteiger partial charge in [0.25, 0.3) is 0 Å². The molecule has 0 unspecified atom stereocenters. The summed E-state index contributed by atoms with van der Waals surface area (Å²) in [6, 6.07) is 10.1. The van der Waals surface area contributed by atoms with Crippen LogP contribution in [0.25, 0.3) is 0 Å². The second-order valence-corrected chi connectivity index (χ2v) is 4.18. The number of benzene rings is 1. The second-order valence-electron chi connectivity index (χ2n) is 4.18. The highest BCUT2D eigenvalue weighted by molar-refractivity contribution is 5.82. The molecule has 0 saturated carbocycles. The highest BCUT2D eigenvalue weighted by atomic mass is 16.5. The Morgan fingerprint density at radius 2 is 1.78 bits per heavy atom. The van der Waals surface area contributed by atoms with E-state index < -0.39 is 0 Å². The van der Waals surface area contributed by atoms with Crippen LogP contribution in [0.5, 0.6) is 0 Å². The molecule has 0 aliphatic carbocycles. The monoisotopic (exact) mass is 248 g/mol. The fourth-order valence-corrected chi connectivity index (χ4v) is 1.73. The number of rotatable bonds is 8. The van der Waals surface area contributed by atoms with Crippen molar-refractivity contribution in [3.63, 3.8) is 0 Å². The molecule has 18 heavy (non-hydrogen) atoms. The van der Waals surface area contributed by atoms with Gasteiger partial charge in [0.1, 0.15) is 5.78 Å². The van der Waals surface area contributed by atoms with Crippen LogP contribution in [0.15, 0.2) is 30.3 Å². The summed E-state index contributed by atoms with van der Waals surface area (Å²) in [4.78, 5) is 22.6. The standard InChI is InChI=1S/C15H20O3/c1-2-18-15(17)12-11-14(16)10-6-9-13-7-4-3-5-8-13/h3-5,7-8H,2,6,9-12H2,1H3. The van der Waals surface area contributed by atoms with Gasteiger partial charge in [-0.3, -0.25) is 9.59 Å². The highest BCUT2D eigenvalue weighted by Crippen LogP contribution is 2.07. The van der Waals surface area contributed by atoms with Gasteiger partial charge in [-0.15, -0.1) is 0 Å². The Morgan fingerprint density at radius 1 is 1.06 bits per heavy atom. The zero-order chi connectivity index (χ0) is 13.2. The van der Waals surface area contributed by atoms with Gasteiger partial charge in [0.2, 0.25) is 0 Å². The molecular weight excluding hydrogens is 228 g/mol. The van der Waals surface area contributed by atoms with E-state index in [1.807, 2.05) is 18.2 Å². The zero-order valence-electron chi connectivity index (χ0n) is 10.9. The summed E-state index contributed by atoms with van der Waals surface area (Å²) < 4.78 is 4.77. The summed E-state index contributed by atoms with van der Waals surface area (Å²) in [5.41, 5.74) is 1.25. The first-order chi connectivity index (χ1) is 8.72. The SMILES string of the molecule is CCOC(=O)CCC(=O)CCCc1ccccc1. The quantitative estimate of drug-likeness (QED) is 0.664. The van der Waals surface area contributed by atoms with Gasteiger partial charge in [0.05, 0.1) is 13.0 Å². The van der Waals surface area contributed by atoms with Crippen molar-refractivity contribution in [2.75, 3.05) is 6.61 Å². The number of carbonyl (C=O) groups is 2. The van der Waals surface area contributed by atoms with Gasteiger partial charge in [-0.1, -0.05) is 30.3 Å². The average Bonchev–Trinajstić information content (AvgIpc) is 2.38. The Balaban J connectivity index is 2.12. The van der Waals surface area contributed by atoms with Crippen molar-refractivity contribution < 1.29 is 14.3 Å². The van der Waals surface area contributed by atoms with Crippen LogP contribution in [-0.2, 0) is 20.7 Å². The molecule has 3 nitrogen and oxygen atoms in total. The minimum absolute atomic E-state index is 0.138. The number of hydrogen-bond donors (Lipinski definition) is 0. The molecule has 0 aliphatic rings.